The summed E-state index contributed by atoms with van der Waals surface area (Å²) in [5, 5.41) is 9.22. The van der Waals surface area contributed by atoms with Gasteiger partial charge in [-0.25, -0.2) is 13.6 Å². The van der Waals surface area contributed by atoms with Crippen LogP contribution in [0.15, 0.2) is 12.1 Å². The normalized spacial score (nSPS) is 26.9. The van der Waals surface area contributed by atoms with Crippen LogP contribution >= 0.6 is 11.6 Å². The van der Waals surface area contributed by atoms with Gasteiger partial charge < -0.3 is 10.0 Å². The van der Waals surface area contributed by atoms with Gasteiger partial charge in [0.1, 0.15) is 6.04 Å². The van der Waals surface area contributed by atoms with Crippen LogP contribution in [0.5, 0.6) is 0 Å². The molecule has 2 fully saturated rings. The van der Waals surface area contributed by atoms with Gasteiger partial charge in [0.05, 0.1) is 10.6 Å². The summed E-state index contributed by atoms with van der Waals surface area (Å²) < 4.78 is 26.7. The van der Waals surface area contributed by atoms with Crippen LogP contribution in [0.3, 0.4) is 0 Å². The van der Waals surface area contributed by atoms with Crippen LogP contribution in [0.25, 0.3) is 0 Å². The Morgan fingerprint density at radius 2 is 1.83 bits per heavy atom. The molecule has 4 nitrogen and oxygen atoms in total. The molecule has 1 heterocycles. The lowest BCUT2D eigenvalue weighted by Crippen LogP contribution is -2.46. The first-order valence-electron chi connectivity index (χ1n) is 7.60. The molecule has 1 amide bonds. The lowest BCUT2D eigenvalue weighted by molar-refractivity contribution is -0.141. The van der Waals surface area contributed by atoms with Gasteiger partial charge >= 0.3 is 5.97 Å². The van der Waals surface area contributed by atoms with Crippen LogP contribution in [-0.4, -0.2) is 34.0 Å². The van der Waals surface area contributed by atoms with Crippen molar-refractivity contribution in [3.8, 4) is 0 Å². The maximum atomic E-state index is 13.5. The van der Waals surface area contributed by atoms with Crippen molar-refractivity contribution >= 4 is 23.5 Å². The first-order valence-corrected chi connectivity index (χ1v) is 7.98. The molecule has 3 rings (SSSR count). The number of likely N-dealkylation sites (tertiary alicyclic amines) is 1. The predicted molar refractivity (Wildman–Crippen MR) is 79.3 cm³/mol. The van der Waals surface area contributed by atoms with Crippen molar-refractivity contribution in [2.24, 2.45) is 5.92 Å². The molecular weight excluding hydrogens is 328 g/mol. The monoisotopic (exact) mass is 343 g/mol. The Labute approximate surface area is 137 Å². The number of benzene rings is 1. The van der Waals surface area contributed by atoms with Crippen LogP contribution < -0.4 is 0 Å². The topological polar surface area (TPSA) is 57.6 Å². The summed E-state index contributed by atoms with van der Waals surface area (Å²) >= 11 is 5.88. The number of nitrogens with zero attached hydrogens (tertiary/aromatic N) is 1. The smallest absolute Gasteiger partial charge is 0.326 e. The zero-order valence-corrected chi connectivity index (χ0v) is 13.0. The lowest BCUT2D eigenvalue weighted by Gasteiger charge is -2.33. The van der Waals surface area contributed by atoms with E-state index in [1.165, 1.54) is 4.90 Å². The molecule has 3 unspecified atom stereocenters. The number of carbonyl (C=O) groups is 2. The SMILES string of the molecule is O=C(O)C1CC2CCCCC2N1C(=O)c1cc(F)c(F)cc1Cl. The summed E-state index contributed by atoms with van der Waals surface area (Å²) in [6.07, 6.45) is 3.93. The van der Waals surface area contributed by atoms with Gasteiger partial charge in [0.25, 0.3) is 5.91 Å². The van der Waals surface area contributed by atoms with E-state index in [0.29, 0.717) is 6.42 Å². The number of halogens is 3. The molecule has 1 aromatic rings. The highest BCUT2D eigenvalue weighted by Crippen LogP contribution is 2.41. The fourth-order valence-electron chi connectivity index (χ4n) is 3.80. The van der Waals surface area contributed by atoms with Gasteiger partial charge in [0, 0.05) is 6.04 Å². The van der Waals surface area contributed by atoms with E-state index in [4.69, 9.17) is 11.6 Å². The Bertz CT molecular complexity index is 667. The average molecular weight is 344 g/mol. The minimum Gasteiger partial charge on any atom is -0.480 e. The molecule has 0 radical (unpaired) electrons. The largest absolute Gasteiger partial charge is 0.480 e. The van der Waals surface area contributed by atoms with Crippen molar-refractivity contribution < 1.29 is 23.5 Å². The van der Waals surface area contributed by atoms with Crippen molar-refractivity contribution in [2.45, 2.75) is 44.2 Å². The van der Waals surface area contributed by atoms with E-state index in [0.717, 1.165) is 37.8 Å². The van der Waals surface area contributed by atoms with Crippen LogP contribution in [-0.2, 0) is 4.79 Å². The van der Waals surface area contributed by atoms with E-state index in [1.807, 2.05) is 0 Å². The molecule has 7 heteroatoms. The summed E-state index contributed by atoms with van der Waals surface area (Å²) in [4.78, 5) is 25.6. The van der Waals surface area contributed by atoms with Gasteiger partial charge in [0.2, 0.25) is 0 Å². The third kappa shape index (κ3) is 2.80. The maximum absolute atomic E-state index is 13.5. The summed E-state index contributed by atoms with van der Waals surface area (Å²) in [6.45, 7) is 0. The minimum absolute atomic E-state index is 0.137. The maximum Gasteiger partial charge on any atom is 0.326 e. The molecule has 2 aliphatic rings. The van der Waals surface area contributed by atoms with E-state index in [-0.39, 0.29) is 22.5 Å². The van der Waals surface area contributed by atoms with E-state index in [9.17, 15) is 23.5 Å². The number of carboxylic acid groups (broad SMARTS) is 1. The second kappa shape index (κ2) is 6.07. The summed E-state index contributed by atoms with van der Waals surface area (Å²) in [5.74, 6) is -3.90. The molecule has 124 valence electrons. The van der Waals surface area contributed by atoms with Gasteiger partial charge in [-0.3, -0.25) is 4.79 Å². The Morgan fingerprint density at radius 3 is 2.52 bits per heavy atom. The van der Waals surface area contributed by atoms with Gasteiger partial charge in [-0.15, -0.1) is 0 Å². The van der Waals surface area contributed by atoms with Crippen LogP contribution in [0.4, 0.5) is 8.78 Å². The highest BCUT2D eigenvalue weighted by Gasteiger charge is 2.48. The molecule has 23 heavy (non-hydrogen) atoms. The predicted octanol–water partition coefficient (Wildman–Crippen LogP) is 3.48. The average Bonchev–Trinajstić information content (AvgIpc) is 2.90. The highest BCUT2D eigenvalue weighted by atomic mass is 35.5. The van der Waals surface area contributed by atoms with Gasteiger partial charge in [-0.1, -0.05) is 24.4 Å². The van der Waals surface area contributed by atoms with Gasteiger partial charge in [0.15, 0.2) is 11.6 Å². The Balaban J connectivity index is 1.98. The van der Waals surface area contributed by atoms with Crippen molar-refractivity contribution in [1.82, 2.24) is 4.90 Å². The lowest BCUT2D eigenvalue weighted by atomic mass is 9.84. The second-order valence-electron chi connectivity index (χ2n) is 6.16. The quantitative estimate of drug-likeness (QED) is 0.836. The molecule has 3 atom stereocenters. The van der Waals surface area contributed by atoms with E-state index >= 15 is 0 Å². The summed E-state index contributed by atoms with van der Waals surface area (Å²) in [6, 6.07) is 0.366. The van der Waals surface area contributed by atoms with Gasteiger partial charge in [-0.05, 0) is 37.3 Å². The fourth-order valence-corrected chi connectivity index (χ4v) is 4.03. The molecule has 0 aromatic heterocycles. The van der Waals surface area contributed by atoms with E-state index in [2.05, 4.69) is 0 Å². The van der Waals surface area contributed by atoms with Crippen molar-refractivity contribution in [3.63, 3.8) is 0 Å². The first kappa shape index (κ1) is 16.2. The number of amides is 1. The standard InChI is InChI=1S/C16H16ClF2NO3/c17-10-7-12(19)11(18)6-9(10)15(21)20-13-4-2-1-3-8(13)5-14(20)16(22)23/h6-8,13-14H,1-5H2,(H,22,23). The second-order valence-corrected chi connectivity index (χ2v) is 6.57. The molecule has 1 saturated carbocycles. The molecule has 1 aliphatic heterocycles. The number of hydrogen-bond donors (Lipinski definition) is 1. The zero-order valence-electron chi connectivity index (χ0n) is 12.3. The highest BCUT2D eigenvalue weighted by molar-refractivity contribution is 6.33. The molecular formula is C16H16ClF2NO3. The number of carboxylic acids is 1. The third-order valence-electron chi connectivity index (χ3n) is 4.85. The molecule has 1 saturated heterocycles. The third-order valence-corrected chi connectivity index (χ3v) is 5.16. The van der Waals surface area contributed by atoms with Crippen molar-refractivity contribution in [1.29, 1.82) is 0 Å². The molecule has 0 spiro atoms. The molecule has 1 aliphatic carbocycles. The number of carbonyl (C=O) groups excluding carboxylic acids is 1. The molecule has 1 aromatic carbocycles. The number of aliphatic carboxylic acids is 1. The first-order chi connectivity index (χ1) is 10.9. The van der Waals surface area contributed by atoms with E-state index < -0.39 is 29.6 Å². The molecule has 1 N–H and O–H groups in total. The summed E-state index contributed by atoms with van der Waals surface area (Å²) in [7, 11) is 0. The summed E-state index contributed by atoms with van der Waals surface area (Å²) in [5.41, 5.74) is -0.192. The van der Waals surface area contributed by atoms with Crippen LogP contribution in [0, 0.1) is 17.6 Å². The Kier molecular flexibility index (Phi) is 4.27. The van der Waals surface area contributed by atoms with Crippen LogP contribution in [0.2, 0.25) is 5.02 Å². The van der Waals surface area contributed by atoms with Crippen LogP contribution in [0.1, 0.15) is 42.5 Å². The van der Waals surface area contributed by atoms with E-state index in [1.54, 1.807) is 0 Å². The fraction of sp³-hybridized carbons (Fsp3) is 0.500. The Hall–Kier alpha value is -1.69. The van der Waals surface area contributed by atoms with Gasteiger partial charge in [-0.2, -0.15) is 0 Å². The Morgan fingerprint density at radius 1 is 1.17 bits per heavy atom. The number of fused-ring (bicyclic) bond motifs is 1. The number of hydrogen-bond acceptors (Lipinski definition) is 2. The zero-order chi connectivity index (χ0) is 16.7. The molecule has 0 bridgehead atoms. The van der Waals surface area contributed by atoms with Crippen molar-refractivity contribution in [3.05, 3.63) is 34.4 Å². The van der Waals surface area contributed by atoms with Crippen molar-refractivity contribution in [2.75, 3.05) is 0 Å². The minimum atomic E-state index is -1.18. The number of rotatable bonds is 2.